The molecule has 0 aromatic carbocycles. The molecular weight excluding hydrogens is 234 g/mol. The van der Waals surface area contributed by atoms with Crippen molar-refractivity contribution in [2.24, 2.45) is 5.92 Å². The summed E-state index contributed by atoms with van der Waals surface area (Å²) < 4.78 is 5.30. The van der Waals surface area contributed by atoms with Gasteiger partial charge in [-0.2, -0.15) is 0 Å². The van der Waals surface area contributed by atoms with E-state index in [1.807, 2.05) is 20.8 Å². The number of carboxylic acids is 1. The molecule has 5 heteroatoms. The third kappa shape index (κ3) is 5.21. The van der Waals surface area contributed by atoms with Crippen molar-refractivity contribution in [1.29, 1.82) is 0 Å². The molecule has 0 aliphatic carbocycles. The number of hydrogen-bond acceptors (Lipinski definition) is 3. The van der Waals surface area contributed by atoms with Crippen LogP contribution in [0, 0.1) is 5.92 Å². The second-order valence-electron chi connectivity index (χ2n) is 5.53. The van der Waals surface area contributed by atoms with Crippen molar-refractivity contribution >= 4 is 12.1 Å². The molecule has 0 aromatic rings. The van der Waals surface area contributed by atoms with Gasteiger partial charge in [0.05, 0.1) is 0 Å². The fraction of sp³-hybridized carbons (Fsp3) is 0.692. The summed E-state index contributed by atoms with van der Waals surface area (Å²) in [5.74, 6) is -0.855. The summed E-state index contributed by atoms with van der Waals surface area (Å²) in [6.07, 6.45) is 4.25. The van der Waals surface area contributed by atoms with Gasteiger partial charge in [0, 0.05) is 19.2 Å². The summed E-state index contributed by atoms with van der Waals surface area (Å²) in [6, 6.07) is 0. The summed E-state index contributed by atoms with van der Waals surface area (Å²) >= 11 is 0. The summed E-state index contributed by atoms with van der Waals surface area (Å²) in [7, 11) is 0. The standard InChI is InChI=1S/C13H21NO4/c1-13(2,3)18-12(17)14-8-4-5-10(9-14)6-7-11(15)16/h6-7,10H,4-5,8-9H2,1-3H3,(H,15,16). The molecule has 1 saturated heterocycles. The van der Waals surface area contributed by atoms with Gasteiger partial charge in [0.25, 0.3) is 0 Å². The van der Waals surface area contributed by atoms with Gasteiger partial charge in [0.15, 0.2) is 0 Å². The van der Waals surface area contributed by atoms with Gasteiger partial charge >= 0.3 is 12.1 Å². The molecular formula is C13H21NO4. The van der Waals surface area contributed by atoms with E-state index in [9.17, 15) is 9.59 Å². The number of carbonyl (C=O) groups excluding carboxylic acids is 1. The molecule has 1 aliphatic rings. The highest BCUT2D eigenvalue weighted by Crippen LogP contribution is 2.20. The van der Waals surface area contributed by atoms with Crippen molar-refractivity contribution in [2.75, 3.05) is 13.1 Å². The van der Waals surface area contributed by atoms with E-state index in [0.29, 0.717) is 13.1 Å². The maximum Gasteiger partial charge on any atom is 0.410 e. The highest BCUT2D eigenvalue weighted by molar-refractivity contribution is 5.79. The van der Waals surface area contributed by atoms with Crippen molar-refractivity contribution < 1.29 is 19.4 Å². The van der Waals surface area contributed by atoms with Crippen LogP contribution in [0.3, 0.4) is 0 Å². The molecule has 1 rings (SSSR count). The van der Waals surface area contributed by atoms with Crippen LogP contribution in [0.4, 0.5) is 4.79 Å². The molecule has 0 bridgehead atoms. The van der Waals surface area contributed by atoms with Crippen molar-refractivity contribution in [3.8, 4) is 0 Å². The van der Waals surface area contributed by atoms with Crippen LogP contribution in [0.1, 0.15) is 33.6 Å². The first kappa shape index (κ1) is 14.5. The SMILES string of the molecule is CC(C)(C)OC(=O)N1CCCC(C=CC(=O)O)C1. The van der Waals surface area contributed by atoms with Crippen LogP contribution in [0.5, 0.6) is 0 Å². The van der Waals surface area contributed by atoms with E-state index in [1.54, 1.807) is 11.0 Å². The van der Waals surface area contributed by atoms with E-state index >= 15 is 0 Å². The first-order chi connectivity index (χ1) is 8.28. The molecule has 0 saturated carbocycles. The Kier molecular flexibility index (Phi) is 4.76. The number of ether oxygens (including phenoxy) is 1. The van der Waals surface area contributed by atoms with Crippen LogP contribution in [0.15, 0.2) is 12.2 Å². The Morgan fingerprint density at radius 1 is 1.39 bits per heavy atom. The van der Waals surface area contributed by atoms with Crippen LogP contribution in [0.25, 0.3) is 0 Å². The lowest BCUT2D eigenvalue weighted by molar-refractivity contribution is -0.131. The summed E-state index contributed by atoms with van der Waals surface area (Å²) in [5.41, 5.74) is -0.499. The van der Waals surface area contributed by atoms with E-state index in [0.717, 1.165) is 18.9 Å². The number of aliphatic carboxylic acids is 1. The third-order valence-corrected chi connectivity index (χ3v) is 2.62. The number of carboxylic acid groups (broad SMARTS) is 1. The molecule has 1 atom stereocenters. The van der Waals surface area contributed by atoms with Gasteiger partial charge in [-0.1, -0.05) is 6.08 Å². The Labute approximate surface area is 107 Å². The predicted molar refractivity (Wildman–Crippen MR) is 67.3 cm³/mol. The molecule has 18 heavy (non-hydrogen) atoms. The Balaban J connectivity index is 2.53. The van der Waals surface area contributed by atoms with E-state index in [4.69, 9.17) is 9.84 Å². The highest BCUT2D eigenvalue weighted by atomic mass is 16.6. The number of nitrogens with zero attached hydrogens (tertiary/aromatic N) is 1. The fourth-order valence-corrected chi connectivity index (χ4v) is 1.88. The van der Waals surface area contributed by atoms with Gasteiger partial charge in [-0.3, -0.25) is 0 Å². The van der Waals surface area contributed by atoms with Crippen molar-refractivity contribution in [2.45, 2.75) is 39.2 Å². The number of hydrogen-bond donors (Lipinski definition) is 1. The van der Waals surface area contributed by atoms with Gasteiger partial charge in [-0.25, -0.2) is 9.59 Å². The summed E-state index contributed by atoms with van der Waals surface area (Å²) in [4.78, 5) is 24.0. The number of carbonyl (C=O) groups is 2. The van der Waals surface area contributed by atoms with E-state index < -0.39 is 11.6 Å². The van der Waals surface area contributed by atoms with E-state index in [1.165, 1.54) is 0 Å². The van der Waals surface area contributed by atoms with Crippen LogP contribution in [-0.4, -0.2) is 40.8 Å². The normalized spacial score (nSPS) is 21.1. The lowest BCUT2D eigenvalue weighted by Gasteiger charge is -2.33. The van der Waals surface area contributed by atoms with Crippen molar-refractivity contribution in [3.05, 3.63) is 12.2 Å². The largest absolute Gasteiger partial charge is 0.478 e. The minimum atomic E-state index is -0.954. The highest BCUT2D eigenvalue weighted by Gasteiger charge is 2.26. The molecule has 0 aromatic heterocycles. The average molecular weight is 255 g/mol. The second kappa shape index (κ2) is 5.89. The van der Waals surface area contributed by atoms with Crippen LogP contribution >= 0.6 is 0 Å². The molecule has 1 aliphatic heterocycles. The van der Waals surface area contributed by atoms with Crippen molar-refractivity contribution in [3.63, 3.8) is 0 Å². The molecule has 5 nitrogen and oxygen atoms in total. The Morgan fingerprint density at radius 3 is 2.61 bits per heavy atom. The fourth-order valence-electron chi connectivity index (χ4n) is 1.88. The monoisotopic (exact) mass is 255 g/mol. The van der Waals surface area contributed by atoms with Crippen LogP contribution in [0.2, 0.25) is 0 Å². The summed E-state index contributed by atoms with van der Waals surface area (Å²) in [5, 5.41) is 8.58. The van der Waals surface area contributed by atoms with Gasteiger partial charge in [0.2, 0.25) is 0 Å². The molecule has 1 unspecified atom stereocenters. The molecule has 102 valence electrons. The van der Waals surface area contributed by atoms with Gasteiger partial charge in [-0.05, 0) is 39.5 Å². The third-order valence-electron chi connectivity index (χ3n) is 2.62. The Hall–Kier alpha value is -1.52. The Morgan fingerprint density at radius 2 is 2.06 bits per heavy atom. The minimum Gasteiger partial charge on any atom is -0.478 e. The lowest BCUT2D eigenvalue weighted by Crippen LogP contribution is -2.42. The quantitative estimate of drug-likeness (QED) is 0.769. The van der Waals surface area contributed by atoms with Crippen LogP contribution < -0.4 is 0 Å². The Bertz CT molecular complexity index is 343. The first-order valence-corrected chi connectivity index (χ1v) is 6.17. The van der Waals surface area contributed by atoms with E-state index in [-0.39, 0.29) is 12.0 Å². The molecule has 1 fully saturated rings. The number of likely N-dealkylation sites (tertiary alicyclic amines) is 1. The number of amides is 1. The maximum atomic E-state index is 11.9. The summed E-state index contributed by atoms with van der Waals surface area (Å²) in [6.45, 7) is 6.69. The molecule has 0 spiro atoms. The lowest BCUT2D eigenvalue weighted by atomic mass is 9.98. The van der Waals surface area contributed by atoms with Gasteiger partial charge in [-0.15, -0.1) is 0 Å². The van der Waals surface area contributed by atoms with Gasteiger partial charge in [0.1, 0.15) is 5.60 Å². The molecule has 1 heterocycles. The smallest absolute Gasteiger partial charge is 0.410 e. The minimum absolute atomic E-state index is 0.0994. The molecule has 1 amide bonds. The van der Waals surface area contributed by atoms with Crippen molar-refractivity contribution in [1.82, 2.24) is 4.90 Å². The zero-order valence-corrected chi connectivity index (χ0v) is 11.2. The zero-order valence-electron chi connectivity index (χ0n) is 11.2. The zero-order chi connectivity index (χ0) is 13.8. The molecule has 0 radical (unpaired) electrons. The molecule has 1 N–H and O–H groups in total. The maximum absolute atomic E-state index is 11.9. The van der Waals surface area contributed by atoms with Crippen LogP contribution in [-0.2, 0) is 9.53 Å². The first-order valence-electron chi connectivity index (χ1n) is 6.17. The van der Waals surface area contributed by atoms with E-state index in [2.05, 4.69) is 0 Å². The number of piperidine rings is 1. The predicted octanol–water partition coefficient (Wildman–Crippen LogP) is 2.27. The number of rotatable bonds is 2. The van der Waals surface area contributed by atoms with Gasteiger partial charge < -0.3 is 14.7 Å². The topological polar surface area (TPSA) is 66.8 Å². The second-order valence-corrected chi connectivity index (χ2v) is 5.53. The average Bonchev–Trinajstić information content (AvgIpc) is 2.24.